The summed E-state index contributed by atoms with van der Waals surface area (Å²) in [7, 11) is 0. The van der Waals surface area contributed by atoms with E-state index in [0.717, 1.165) is 11.1 Å². The van der Waals surface area contributed by atoms with Gasteiger partial charge < -0.3 is 15.2 Å². The standard InChI is InChI=1S/C30H26N2O5S/c1-2-22-26(30(35)36)32-23(33)18-24(32)38-29(22)31-28(34)27(37-21-16-10-5-11-17-21)25(19-12-6-3-7-13-19)20-14-8-4-9-15-20/h2-17,24-25,27,29H,1,18H2,(H,31,34)(H,35,36)/t24-,27?,29?/m1/s1. The first kappa shape index (κ1) is 25.4. The van der Waals surface area contributed by atoms with Crippen molar-refractivity contribution in [3.05, 3.63) is 126 Å². The molecule has 1 fully saturated rings. The normalized spacial score (nSPS) is 19.3. The Hall–Kier alpha value is -4.30. The van der Waals surface area contributed by atoms with Crippen molar-refractivity contribution in [2.24, 2.45) is 0 Å². The van der Waals surface area contributed by atoms with Crippen LogP contribution in [0.3, 0.4) is 0 Å². The maximum Gasteiger partial charge on any atom is 0.353 e. The number of hydrogen-bond donors (Lipinski definition) is 2. The van der Waals surface area contributed by atoms with Crippen molar-refractivity contribution in [1.82, 2.24) is 10.2 Å². The lowest BCUT2D eigenvalue weighted by Crippen LogP contribution is -2.58. The number of ether oxygens (including phenoxy) is 1. The number of carboxylic acids is 1. The molecule has 7 nitrogen and oxygen atoms in total. The summed E-state index contributed by atoms with van der Waals surface area (Å²) in [6.07, 6.45) is 0.615. The summed E-state index contributed by atoms with van der Waals surface area (Å²) < 4.78 is 6.37. The molecule has 2 aliphatic rings. The summed E-state index contributed by atoms with van der Waals surface area (Å²) >= 11 is 1.32. The van der Waals surface area contributed by atoms with Crippen LogP contribution in [0.2, 0.25) is 0 Å². The van der Waals surface area contributed by atoms with Crippen LogP contribution in [0, 0.1) is 0 Å². The molecule has 8 heteroatoms. The van der Waals surface area contributed by atoms with Crippen molar-refractivity contribution in [3.8, 4) is 5.75 Å². The second kappa shape index (κ2) is 11.0. The molecule has 2 unspecified atom stereocenters. The number of β-lactam (4-membered cyclic amide) rings is 1. The van der Waals surface area contributed by atoms with Gasteiger partial charge in [-0.3, -0.25) is 14.5 Å². The molecule has 38 heavy (non-hydrogen) atoms. The Morgan fingerprint density at radius 2 is 1.53 bits per heavy atom. The molecule has 0 aliphatic carbocycles. The Kier molecular flexibility index (Phi) is 7.33. The number of carboxylic acid groups (broad SMARTS) is 1. The Morgan fingerprint density at radius 1 is 0.974 bits per heavy atom. The number of para-hydroxylation sites is 1. The van der Waals surface area contributed by atoms with Crippen LogP contribution in [0.15, 0.2) is 115 Å². The molecule has 3 aromatic carbocycles. The van der Waals surface area contributed by atoms with Crippen LogP contribution in [0.1, 0.15) is 23.5 Å². The topological polar surface area (TPSA) is 95.9 Å². The first-order chi connectivity index (χ1) is 18.5. The molecular formula is C30H26N2O5S. The van der Waals surface area contributed by atoms with Crippen LogP contribution in [0.4, 0.5) is 0 Å². The molecule has 2 aliphatic heterocycles. The number of hydrogen-bond acceptors (Lipinski definition) is 5. The highest BCUT2D eigenvalue weighted by atomic mass is 32.2. The first-order valence-corrected chi connectivity index (χ1v) is 13.1. The molecule has 3 atom stereocenters. The maximum atomic E-state index is 14.1. The van der Waals surface area contributed by atoms with Gasteiger partial charge in [0.25, 0.3) is 5.91 Å². The zero-order valence-corrected chi connectivity index (χ0v) is 21.2. The quantitative estimate of drug-likeness (QED) is 0.398. The van der Waals surface area contributed by atoms with Crippen LogP contribution >= 0.6 is 11.8 Å². The van der Waals surface area contributed by atoms with Crippen molar-refractivity contribution in [2.75, 3.05) is 0 Å². The van der Waals surface area contributed by atoms with Crippen LogP contribution in [0.25, 0.3) is 0 Å². The summed E-state index contributed by atoms with van der Waals surface area (Å²) in [5, 5.41) is 11.8. The Labute approximate surface area is 224 Å². The van der Waals surface area contributed by atoms with Crippen molar-refractivity contribution in [3.63, 3.8) is 0 Å². The van der Waals surface area contributed by atoms with Gasteiger partial charge in [0.2, 0.25) is 5.91 Å². The van der Waals surface area contributed by atoms with Crippen molar-refractivity contribution >= 4 is 29.5 Å². The molecule has 1 saturated heterocycles. The molecule has 2 heterocycles. The van der Waals surface area contributed by atoms with Gasteiger partial charge in [0.1, 0.15) is 16.8 Å². The number of benzene rings is 3. The van der Waals surface area contributed by atoms with Crippen molar-refractivity contribution in [1.29, 1.82) is 0 Å². The number of nitrogens with one attached hydrogen (secondary N) is 1. The second-order valence-electron chi connectivity index (χ2n) is 8.91. The third-order valence-electron chi connectivity index (χ3n) is 6.58. The minimum atomic E-state index is -1.24. The molecule has 5 rings (SSSR count). The third-order valence-corrected chi connectivity index (χ3v) is 7.91. The number of rotatable bonds is 9. The third kappa shape index (κ3) is 4.95. The molecule has 2 amide bonds. The molecule has 0 spiro atoms. The Morgan fingerprint density at radius 3 is 2.03 bits per heavy atom. The highest BCUT2D eigenvalue weighted by molar-refractivity contribution is 8.00. The fourth-order valence-electron chi connectivity index (χ4n) is 4.79. The Bertz CT molecular complexity index is 1340. The smallest absolute Gasteiger partial charge is 0.353 e. The monoisotopic (exact) mass is 526 g/mol. The van der Waals surface area contributed by atoms with Gasteiger partial charge in [0.05, 0.1) is 17.7 Å². The van der Waals surface area contributed by atoms with Gasteiger partial charge in [-0.25, -0.2) is 4.79 Å². The zero-order valence-electron chi connectivity index (χ0n) is 20.4. The molecule has 192 valence electrons. The van der Waals surface area contributed by atoms with Gasteiger partial charge in [-0.05, 0) is 23.3 Å². The molecule has 0 bridgehead atoms. The van der Waals surface area contributed by atoms with E-state index in [1.54, 1.807) is 12.1 Å². The van der Waals surface area contributed by atoms with Crippen molar-refractivity contribution < 1.29 is 24.2 Å². The van der Waals surface area contributed by atoms with Gasteiger partial charge >= 0.3 is 5.97 Å². The lowest BCUT2D eigenvalue weighted by Gasteiger charge is -2.46. The van der Waals surface area contributed by atoms with E-state index < -0.39 is 29.3 Å². The lowest BCUT2D eigenvalue weighted by molar-refractivity contribution is -0.146. The number of fused-ring (bicyclic) bond motifs is 1. The van der Waals surface area contributed by atoms with E-state index in [9.17, 15) is 19.5 Å². The molecule has 0 aromatic heterocycles. The molecular weight excluding hydrogens is 500 g/mol. The summed E-state index contributed by atoms with van der Waals surface area (Å²) in [6.45, 7) is 3.77. The predicted octanol–water partition coefficient (Wildman–Crippen LogP) is 4.54. The van der Waals surface area contributed by atoms with Gasteiger partial charge in [-0.2, -0.15) is 0 Å². The SMILES string of the molecule is C=CC1=C(C(=O)O)N2C(=O)C[C@H]2SC1NC(=O)C(Oc1ccccc1)C(c1ccccc1)c1ccccc1. The summed E-state index contributed by atoms with van der Waals surface area (Å²) in [6, 6.07) is 28.4. The fourth-order valence-corrected chi connectivity index (χ4v) is 6.23. The highest BCUT2D eigenvalue weighted by Gasteiger charge is 2.49. The predicted molar refractivity (Wildman–Crippen MR) is 145 cm³/mol. The largest absolute Gasteiger partial charge is 0.480 e. The van der Waals surface area contributed by atoms with E-state index in [-0.39, 0.29) is 29.0 Å². The molecule has 0 radical (unpaired) electrons. The highest BCUT2D eigenvalue weighted by Crippen LogP contribution is 2.43. The van der Waals surface area contributed by atoms with Gasteiger partial charge in [0, 0.05) is 5.57 Å². The minimum Gasteiger partial charge on any atom is -0.480 e. The van der Waals surface area contributed by atoms with E-state index in [4.69, 9.17) is 4.74 Å². The van der Waals surface area contributed by atoms with Crippen LogP contribution in [-0.2, 0) is 14.4 Å². The number of thioether (sulfide) groups is 1. The number of nitrogens with zero attached hydrogens (tertiary/aromatic N) is 1. The van der Waals surface area contributed by atoms with E-state index in [1.165, 1.54) is 22.7 Å². The number of carbonyl (C=O) groups excluding carboxylic acids is 2. The zero-order chi connectivity index (χ0) is 26.6. The van der Waals surface area contributed by atoms with Crippen LogP contribution in [-0.4, -0.2) is 44.6 Å². The summed E-state index contributed by atoms with van der Waals surface area (Å²) in [4.78, 5) is 39.6. The lowest BCUT2D eigenvalue weighted by atomic mass is 9.86. The van der Waals surface area contributed by atoms with E-state index in [0.29, 0.717) is 5.75 Å². The molecule has 3 aromatic rings. The number of carbonyl (C=O) groups is 3. The first-order valence-electron chi connectivity index (χ1n) is 12.2. The number of amides is 2. The maximum absolute atomic E-state index is 14.1. The minimum absolute atomic E-state index is 0.145. The van der Waals surface area contributed by atoms with Crippen LogP contribution in [0.5, 0.6) is 5.75 Å². The van der Waals surface area contributed by atoms with E-state index in [2.05, 4.69) is 11.9 Å². The van der Waals surface area contributed by atoms with Crippen molar-refractivity contribution in [2.45, 2.75) is 29.2 Å². The fraction of sp³-hybridized carbons (Fsp3) is 0.167. The van der Waals surface area contributed by atoms with Crippen LogP contribution < -0.4 is 10.1 Å². The van der Waals surface area contributed by atoms with E-state index >= 15 is 0 Å². The summed E-state index contributed by atoms with van der Waals surface area (Å²) in [5.41, 5.74) is 1.92. The van der Waals surface area contributed by atoms with Gasteiger partial charge in [-0.1, -0.05) is 91.5 Å². The van der Waals surface area contributed by atoms with Gasteiger partial charge in [0.15, 0.2) is 6.10 Å². The second-order valence-corrected chi connectivity index (χ2v) is 10.2. The molecule has 2 N–H and O–H groups in total. The Balaban J connectivity index is 1.55. The number of aliphatic carboxylic acids is 1. The average molecular weight is 527 g/mol. The van der Waals surface area contributed by atoms with Gasteiger partial charge in [-0.15, -0.1) is 11.8 Å². The summed E-state index contributed by atoms with van der Waals surface area (Å²) in [5.74, 6) is -1.83. The average Bonchev–Trinajstić information content (AvgIpc) is 2.93. The van der Waals surface area contributed by atoms with E-state index in [1.807, 2.05) is 78.9 Å². The molecule has 0 saturated carbocycles.